The van der Waals surface area contributed by atoms with Gasteiger partial charge in [-0.1, -0.05) is 12.1 Å². The monoisotopic (exact) mass is 513 g/mol. The lowest BCUT2D eigenvalue weighted by atomic mass is 10.1. The molecule has 1 aromatic carbocycles. The van der Waals surface area contributed by atoms with E-state index in [2.05, 4.69) is 25.9 Å². The van der Waals surface area contributed by atoms with E-state index in [0.29, 0.717) is 28.0 Å². The molecule has 0 aliphatic carbocycles. The minimum atomic E-state index is -0.855. The summed E-state index contributed by atoms with van der Waals surface area (Å²) < 4.78 is 21.3. The molecule has 5 heterocycles. The fourth-order valence-corrected chi connectivity index (χ4v) is 5.47. The number of fused-ring (bicyclic) bond motifs is 3. The molecule has 0 saturated carbocycles. The van der Waals surface area contributed by atoms with Crippen molar-refractivity contribution in [2.75, 3.05) is 12.3 Å². The van der Waals surface area contributed by atoms with Crippen molar-refractivity contribution in [3.8, 4) is 0 Å². The Labute approximate surface area is 196 Å². The number of hydrogen-bond acceptors (Lipinski definition) is 8. The van der Waals surface area contributed by atoms with Crippen molar-refractivity contribution in [2.24, 2.45) is 0 Å². The van der Waals surface area contributed by atoms with Crippen LogP contribution in [0.25, 0.3) is 11.0 Å². The number of benzene rings is 1. The van der Waals surface area contributed by atoms with Crippen LogP contribution in [0, 0.1) is 0 Å². The molecule has 2 aromatic heterocycles. The van der Waals surface area contributed by atoms with Crippen LogP contribution in [0.5, 0.6) is 0 Å². The molecule has 0 spiro atoms. The van der Waals surface area contributed by atoms with Crippen LogP contribution in [0.1, 0.15) is 40.8 Å². The Hall–Kier alpha value is -2.86. The lowest BCUT2D eigenvalue weighted by molar-refractivity contribution is -0.196. The van der Waals surface area contributed by atoms with E-state index in [1.807, 2.05) is 24.6 Å². The highest BCUT2D eigenvalue weighted by Gasteiger charge is 2.57. The second-order valence-corrected chi connectivity index (χ2v) is 9.59. The highest BCUT2D eigenvalue weighted by molar-refractivity contribution is 9.10. The van der Waals surface area contributed by atoms with Crippen LogP contribution in [0.3, 0.4) is 0 Å². The van der Waals surface area contributed by atoms with E-state index in [1.54, 1.807) is 24.3 Å². The number of nitrogen functional groups attached to an aromatic ring is 1. The van der Waals surface area contributed by atoms with Crippen LogP contribution in [0.2, 0.25) is 0 Å². The first-order chi connectivity index (χ1) is 15.7. The van der Waals surface area contributed by atoms with Crippen LogP contribution in [0.15, 0.2) is 41.3 Å². The molecule has 0 bridgehead atoms. The van der Waals surface area contributed by atoms with Crippen molar-refractivity contribution in [3.63, 3.8) is 0 Å². The molecule has 3 aliphatic rings. The minimum Gasteiger partial charge on any atom is -0.383 e. The van der Waals surface area contributed by atoms with Gasteiger partial charge in [0.1, 0.15) is 36.1 Å². The van der Waals surface area contributed by atoms with Crippen molar-refractivity contribution in [1.82, 2.24) is 19.4 Å². The zero-order valence-electron chi connectivity index (χ0n) is 17.8. The topological polar surface area (TPSA) is 122 Å². The Morgan fingerprint density at radius 3 is 2.45 bits per heavy atom. The van der Waals surface area contributed by atoms with Crippen LogP contribution < -0.4 is 5.73 Å². The summed E-state index contributed by atoms with van der Waals surface area (Å²) in [6.45, 7) is 3.69. The maximum atomic E-state index is 12.9. The second kappa shape index (κ2) is 7.07. The number of anilines is 1. The highest BCUT2D eigenvalue weighted by atomic mass is 79.9. The third kappa shape index (κ3) is 3.03. The van der Waals surface area contributed by atoms with E-state index in [4.69, 9.17) is 19.9 Å². The van der Waals surface area contributed by atoms with E-state index in [1.165, 1.54) is 11.2 Å². The first kappa shape index (κ1) is 20.7. The molecule has 10 nitrogen and oxygen atoms in total. The van der Waals surface area contributed by atoms with E-state index in [-0.39, 0.29) is 18.4 Å². The van der Waals surface area contributed by atoms with Crippen molar-refractivity contribution < 1.29 is 23.8 Å². The Bertz CT molecular complexity index is 1290. The van der Waals surface area contributed by atoms with E-state index >= 15 is 0 Å². The van der Waals surface area contributed by atoms with Gasteiger partial charge in [0.15, 0.2) is 12.0 Å². The first-order valence-electron chi connectivity index (χ1n) is 10.5. The number of aromatic nitrogens is 3. The largest absolute Gasteiger partial charge is 0.383 e. The Kier molecular flexibility index (Phi) is 4.44. The summed E-state index contributed by atoms with van der Waals surface area (Å²) in [5.74, 6) is -1.20. The number of halogens is 1. The summed E-state index contributed by atoms with van der Waals surface area (Å²) in [6, 6.07) is 6.79. The molecule has 6 rings (SSSR count). The number of rotatable bonds is 3. The quantitative estimate of drug-likeness (QED) is 0.530. The van der Waals surface area contributed by atoms with Gasteiger partial charge in [0.2, 0.25) is 0 Å². The molecule has 0 radical (unpaired) electrons. The predicted molar refractivity (Wildman–Crippen MR) is 119 cm³/mol. The third-order valence-electron chi connectivity index (χ3n) is 6.23. The molecular formula is C22H20BrN5O5. The van der Waals surface area contributed by atoms with Gasteiger partial charge in [-0.3, -0.25) is 14.5 Å². The summed E-state index contributed by atoms with van der Waals surface area (Å²) in [7, 11) is 0. The van der Waals surface area contributed by atoms with Crippen LogP contribution >= 0.6 is 15.9 Å². The summed E-state index contributed by atoms with van der Waals surface area (Å²) in [5.41, 5.74) is 7.42. The number of nitrogens with two attached hydrogens (primary N) is 1. The van der Waals surface area contributed by atoms with Gasteiger partial charge in [-0.15, -0.1) is 0 Å². The van der Waals surface area contributed by atoms with Gasteiger partial charge in [0.05, 0.1) is 23.1 Å². The maximum Gasteiger partial charge on any atom is 0.261 e. The number of hydrogen-bond donors (Lipinski definition) is 1. The van der Waals surface area contributed by atoms with Gasteiger partial charge in [-0.05, 0) is 41.9 Å². The van der Waals surface area contributed by atoms with E-state index < -0.39 is 30.3 Å². The summed E-state index contributed by atoms with van der Waals surface area (Å²) in [5, 5.41) is 0.666. The molecule has 3 aromatic rings. The summed E-state index contributed by atoms with van der Waals surface area (Å²) >= 11 is 3.52. The molecule has 2 saturated heterocycles. The maximum absolute atomic E-state index is 12.9. The molecule has 170 valence electrons. The van der Waals surface area contributed by atoms with Crippen molar-refractivity contribution in [2.45, 2.75) is 44.2 Å². The molecule has 2 N–H and O–H groups in total. The lowest BCUT2D eigenvalue weighted by Crippen LogP contribution is -2.42. The molecule has 2 fully saturated rings. The Morgan fingerprint density at radius 2 is 1.76 bits per heavy atom. The Morgan fingerprint density at radius 1 is 1.09 bits per heavy atom. The third-order valence-corrected chi connectivity index (χ3v) is 6.83. The first-order valence-corrected chi connectivity index (χ1v) is 11.3. The Balaban J connectivity index is 1.36. The molecular weight excluding hydrogens is 494 g/mol. The molecule has 2 amide bonds. The molecule has 4 atom stereocenters. The van der Waals surface area contributed by atoms with Crippen LogP contribution in [-0.2, 0) is 14.2 Å². The number of carbonyl (C=O) groups is 2. The smallest absolute Gasteiger partial charge is 0.261 e. The zero-order valence-corrected chi connectivity index (χ0v) is 19.4. The van der Waals surface area contributed by atoms with Gasteiger partial charge >= 0.3 is 0 Å². The second-order valence-electron chi connectivity index (χ2n) is 8.74. The normalized spacial score (nSPS) is 28.0. The number of ether oxygens (including phenoxy) is 3. The number of amides is 2. The van der Waals surface area contributed by atoms with Gasteiger partial charge < -0.3 is 24.5 Å². The van der Waals surface area contributed by atoms with Crippen molar-refractivity contribution >= 4 is 44.6 Å². The number of nitrogens with zero attached hydrogens (tertiary/aromatic N) is 4. The van der Waals surface area contributed by atoms with Crippen molar-refractivity contribution in [3.05, 3.63) is 52.4 Å². The molecule has 3 aliphatic heterocycles. The average Bonchev–Trinajstić information content (AvgIpc) is 3.45. The van der Waals surface area contributed by atoms with E-state index in [9.17, 15) is 9.59 Å². The number of imide groups is 1. The zero-order chi connectivity index (χ0) is 23.1. The SMILES string of the molecule is CC1(C)O[C@@H]2[C@H](O1)[C@@H](CN1C(=O)c3ccccc3C1=O)O[C@H]2n1cc(Br)c2c(N)ncnc21. The summed E-state index contributed by atoms with van der Waals surface area (Å²) in [6.07, 6.45) is 1.01. The lowest BCUT2D eigenvalue weighted by Gasteiger charge is -2.26. The van der Waals surface area contributed by atoms with Gasteiger partial charge in [-0.2, -0.15) is 0 Å². The molecule has 33 heavy (non-hydrogen) atoms. The minimum absolute atomic E-state index is 0.0426. The fourth-order valence-electron chi connectivity index (χ4n) is 4.87. The highest BCUT2D eigenvalue weighted by Crippen LogP contribution is 2.45. The standard InChI is InChI=1S/C22H20BrN5O5/c1-22(2)32-15-13(8-28-19(29)10-5-3-4-6-11(10)20(28)30)31-21(16(15)33-22)27-7-12(23)14-17(24)25-9-26-18(14)27/h3-7,9,13,15-16,21H,8H2,1-2H3,(H2,24,25,26)/t13-,15-,16-,21-/m1/s1. The van der Waals surface area contributed by atoms with Crippen LogP contribution in [-0.4, -0.2) is 61.9 Å². The van der Waals surface area contributed by atoms with Gasteiger partial charge in [0.25, 0.3) is 11.8 Å². The average molecular weight is 514 g/mol. The summed E-state index contributed by atoms with van der Waals surface area (Å²) in [4.78, 5) is 35.5. The molecule has 0 unspecified atom stereocenters. The van der Waals surface area contributed by atoms with Crippen LogP contribution in [0.4, 0.5) is 5.82 Å². The fraction of sp³-hybridized carbons (Fsp3) is 0.364. The van der Waals surface area contributed by atoms with Gasteiger partial charge in [-0.25, -0.2) is 9.97 Å². The van der Waals surface area contributed by atoms with Gasteiger partial charge in [0, 0.05) is 10.7 Å². The molecule has 11 heteroatoms. The number of carbonyl (C=O) groups excluding carboxylic acids is 2. The predicted octanol–water partition coefficient (Wildman–Crippen LogP) is 2.49. The van der Waals surface area contributed by atoms with E-state index in [0.717, 1.165) is 4.47 Å². The van der Waals surface area contributed by atoms with Crippen molar-refractivity contribution in [1.29, 1.82) is 0 Å².